The molecule has 0 fully saturated rings. The Kier molecular flexibility index (Phi) is 4.93. The average molecular weight is 343 g/mol. The van der Waals surface area contributed by atoms with E-state index in [0.29, 0.717) is 10.9 Å². The third kappa shape index (κ3) is 4.09. The molecule has 0 aliphatic rings. The van der Waals surface area contributed by atoms with Crippen molar-refractivity contribution >= 4 is 44.4 Å². The highest BCUT2D eigenvalue weighted by Crippen LogP contribution is 2.29. The van der Waals surface area contributed by atoms with Crippen molar-refractivity contribution in [3.05, 3.63) is 53.3 Å². The minimum Gasteiger partial charge on any atom is -0.301 e. The number of amides is 1. The molecule has 0 spiro atoms. The molecule has 0 unspecified atom stereocenters. The van der Waals surface area contributed by atoms with Crippen molar-refractivity contribution in [3.63, 3.8) is 0 Å². The molecule has 118 valence electrons. The number of carbonyl (C=O) groups is 1. The lowest BCUT2D eigenvalue weighted by molar-refractivity contribution is -0.113. The Morgan fingerprint density at radius 1 is 1.30 bits per heavy atom. The van der Waals surface area contributed by atoms with E-state index in [1.54, 1.807) is 18.0 Å². The van der Waals surface area contributed by atoms with Crippen LogP contribution in [0.2, 0.25) is 0 Å². The van der Waals surface area contributed by atoms with Crippen molar-refractivity contribution < 1.29 is 4.79 Å². The summed E-state index contributed by atoms with van der Waals surface area (Å²) in [5.41, 5.74) is 4.30. The van der Waals surface area contributed by atoms with Crippen molar-refractivity contribution in [2.75, 3.05) is 11.1 Å². The van der Waals surface area contributed by atoms with Crippen LogP contribution in [0.1, 0.15) is 16.8 Å². The smallest absolute Gasteiger partial charge is 0.236 e. The van der Waals surface area contributed by atoms with Crippen molar-refractivity contribution in [1.29, 1.82) is 0 Å². The van der Waals surface area contributed by atoms with Gasteiger partial charge in [-0.15, -0.1) is 11.8 Å². The molecular weight excluding hydrogens is 326 g/mol. The summed E-state index contributed by atoms with van der Waals surface area (Å²) in [5, 5.41) is 3.56. The van der Waals surface area contributed by atoms with Crippen LogP contribution in [0.5, 0.6) is 0 Å². The summed E-state index contributed by atoms with van der Waals surface area (Å²) in [5.74, 6) is 1.09. The number of anilines is 1. The monoisotopic (exact) mass is 343 g/mol. The number of hydrogen-bond acceptors (Lipinski definition) is 5. The molecule has 2 aromatic heterocycles. The number of nitrogens with one attached hydrogen (secondary N) is 1. The fraction of sp³-hybridized carbons (Fsp3) is 0.235. The molecule has 0 saturated carbocycles. The minimum absolute atomic E-state index is 0.0284. The van der Waals surface area contributed by atoms with Gasteiger partial charge in [0.1, 0.15) is 0 Å². The largest absolute Gasteiger partial charge is 0.301 e. The Bertz CT molecular complexity index is 830. The molecular formula is C17H17N3OS2. The van der Waals surface area contributed by atoms with E-state index in [4.69, 9.17) is 0 Å². The summed E-state index contributed by atoms with van der Waals surface area (Å²) >= 11 is 3.07. The van der Waals surface area contributed by atoms with Gasteiger partial charge in [-0.2, -0.15) is 0 Å². The van der Waals surface area contributed by atoms with Crippen LogP contribution >= 0.6 is 23.1 Å². The Morgan fingerprint density at radius 3 is 2.96 bits per heavy atom. The van der Waals surface area contributed by atoms with Crippen LogP contribution in [-0.2, 0) is 10.5 Å². The number of hydrogen-bond donors (Lipinski definition) is 1. The molecule has 3 aromatic rings. The van der Waals surface area contributed by atoms with Gasteiger partial charge in [0.05, 0.1) is 21.7 Å². The van der Waals surface area contributed by atoms with Crippen LogP contribution in [0, 0.1) is 13.8 Å². The molecule has 1 aromatic carbocycles. The molecule has 23 heavy (non-hydrogen) atoms. The van der Waals surface area contributed by atoms with Gasteiger partial charge >= 0.3 is 0 Å². The Balaban J connectivity index is 1.58. The molecule has 0 aliphatic heterocycles. The summed E-state index contributed by atoms with van der Waals surface area (Å²) in [4.78, 5) is 20.8. The van der Waals surface area contributed by atoms with Crippen molar-refractivity contribution in [2.45, 2.75) is 19.6 Å². The first-order valence-electron chi connectivity index (χ1n) is 7.27. The molecule has 0 aliphatic carbocycles. The maximum atomic E-state index is 12.0. The van der Waals surface area contributed by atoms with E-state index in [2.05, 4.69) is 34.3 Å². The van der Waals surface area contributed by atoms with Crippen LogP contribution < -0.4 is 5.32 Å². The number of fused-ring (bicyclic) bond motifs is 1. The summed E-state index contributed by atoms with van der Waals surface area (Å²) in [6.07, 6.45) is 1.77. The van der Waals surface area contributed by atoms with Gasteiger partial charge < -0.3 is 5.32 Å². The van der Waals surface area contributed by atoms with Gasteiger partial charge in [0.15, 0.2) is 5.13 Å². The van der Waals surface area contributed by atoms with Gasteiger partial charge in [-0.05, 0) is 43.2 Å². The van der Waals surface area contributed by atoms with Gasteiger partial charge in [0, 0.05) is 11.9 Å². The van der Waals surface area contributed by atoms with E-state index in [0.717, 1.165) is 27.2 Å². The number of carbonyl (C=O) groups excluding carboxylic acids is 1. The fourth-order valence-corrected chi connectivity index (χ4v) is 4.11. The standard InChI is InChI=1S/C17H17N3OS2/c1-11-7-12(2)16-14(8-11)23-17(20-16)19-15(21)10-22-9-13-5-3-4-6-18-13/h3-8H,9-10H2,1-2H3,(H,19,20,21). The molecule has 0 atom stereocenters. The van der Waals surface area contributed by atoms with Crippen LogP contribution in [0.3, 0.4) is 0 Å². The number of pyridine rings is 1. The molecule has 1 N–H and O–H groups in total. The van der Waals surface area contributed by atoms with Crippen molar-refractivity contribution in [1.82, 2.24) is 9.97 Å². The summed E-state index contributed by atoms with van der Waals surface area (Å²) in [6, 6.07) is 10.0. The first-order chi connectivity index (χ1) is 11.1. The lowest BCUT2D eigenvalue weighted by Gasteiger charge is -2.01. The number of nitrogens with zero attached hydrogens (tertiary/aromatic N) is 2. The number of thiazole rings is 1. The molecule has 0 radical (unpaired) electrons. The quantitative estimate of drug-likeness (QED) is 0.755. The molecule has 3 rings (SSSR count). The van der Waals surface area contributed by atoms with Gasteiger partial charge in [0.25, 0.3) is 0 Å². The lowest BCUT2D eigenvalue weighted by atomic mass is 10.1. The molecule has 2 heterocycles. The van der Waals surface area contributed by atoms with Crippen molar-refractivity contribution in [3.8, 4) is 0 Å². The van der Waals surface area contributed by atoms with E-state index in [-0.39, 0.29) is 5.91 Å². The van der Waals surface area contributed by atoms with Crippen LogP contribution in [0.15, 0.2) is 36.5 Å². The highest BCUT2D eigenvalue weighted by atomic mass is 32.2. The highest BCUT2D eigenvalue weighted by Gasteiger charge is 2.10. The van der Waals surface area contributed by atoms with Crippen LogP contribution in [0.4, 0.5) is 5.13 Å². The second kappa shape index (κ2) is 7.10. The van der Waals surface area contributed by atoms with E-state index >= 15 is 0 Å². The van der Waals surface area contributed by atoms with Gasteiger partial charge in [-0.25, -0.2) is 4.98 Å². The normalized spacial score (nSPS) is 10.9. The summed E-state index contributed by atoms with van der Waals surface area (Å²) in [6.45, 7) is 4.11. The zero-order chi connectivity index (χ0) is 16.2. The first kappa shape index (κ1) is 16.0. The predicted octanol–water partition coefficient (Wildman–Crippen LogP) is 4.18. The SMILES string of the molecule is Cc1cc(C)c2nc(NC(=O)CSCc3ccccn3)sc2c1. The maximum Gasteiger partial charge on any atom is 0.236 e. The third-order valence-corrected chi connectivity index (χ3v) is 5.17. The van der Waals surface area contributed by atoms with Crippen LogP contribution in [0.25, 0.3) is 10.2 Å². The maximum absolute atomic E-state index is 12.0. The van der Waals surface area contributed by atoms with Crippen molar-refractivity contribution in [2.24, 2.45) is 0 Å². The number of rotatable bonds is 5. The predicted molar refractivity (Wildman–Crippen MR) is 98.1 cm³/mol. The molecule has 0 saturated heterocycles. The highest BCUT2D eigenvalue weighted by molar-refractivity contribution is 7.99. The molecule has 4 nitrogen and oxygen atoms in total. The topological polar surface area (TPSA) is 54.9 Å². The molecule has 0 bridgehead atoms. The Hall–Kier alpha value is -1.92. The fourth-order valence-electron chi connectivity index (χ4n) is 2.31. The summed E-state index contributed by atoms with van der Waals surface area (Å²) in [7, 11) is 0. The zero-order valence-electron chi connectivity index (χ0n) is 13.0. The minimum atomic E-state index is -0.0284. The lowest BCUT2D eigenvalue weighted by Crippen LogP contribution is -2.14. The third-order valence-electron chi connectivity index (χ3n) is 3.29. The van der Waals surface area contributed by atoms with Gasteiger partial charge in [-0.3, -0.25) is 9.78 Å². The van der Waals surface area contributed by atoms with Gasteiger partial charge in [0.2, 0.25) is 5.91 Å². The molecule has 6 heteroatoms. The van der Waals surface area contributed by atoms with E-state index in [9.17, 15) is 4.79 Å². The van der Waals surface area contributed by atoms with E-state index in [1.165, 1.54) is 16.9 Å². The number of aryl methyl sites for hydroxylation is 2. The van der Waals surface area contributed by atoms with Crippen LogP contribution in [-0.4, -0.2) is 21.6 Å². The Morgan fingerprint density at radius 2 is 2.17 bits per heavy atom. The average Bonchev–Trinajstić information content (AvgIpc) is 2.91. The van der Waals surface area contributed by atoms with E-state index in [1.807, 2.05) is 25.1 Å². The van der Waals surface area contributed by atoms with E-state index < -0.39 is 0 Å². The number of thioether (sulfide) groups is 1. The first-order valence-corrected chi connectivity index (χ1v) is 9.24. The summed E-state index contributed by atoms with van der Waals surface area (Å²) < 4.78 is 1.11. The second-order valence-electron chi connectivity index (χ2n) is 5.31. The molecule has 1 amide bonds. The number of benzene rings is 1. The zero-order valence-corrected chi connectivity index (χ0v) is 14.6. The number of aromatic nitrogens is 2. The van der Waals surface area contributed by atoms with Gasteiger partial charge in [-0.1, -0.05) is 23.5 Å². The Labute approximate surface area is 143 Å². The second-order valence-corrected chi connectivity index (χ2v) is 7.33.